The van der Waals surface area contributed by atoms with E-state index in [9.17, 15) is 13.2 Å². The second kappa shape index (κ2) is 11.6. The van der Waals surface area contributed by atoms with Crippen molar-refractivity contribution in [2.24, 2.45) is 0 Å². The molecule has 2 fully saturated rings. The van der Waals surface area contributed by atoms with Gasteiger partial charge in [0.15, 0.2) is 0 Å². The number of hydrogen-bond acceptors (Lipinski definition) is 7. The lowest BCUT2D eigenvalue weighted by Gasteiger charge is -2.33. The largest absolute Gasteiger partial charge is 0.493 e. The molecule has 5 rings (SSSR count). The van der Waals surface area contributed by atoms with E-state index in [2.05, 4.69) is 10.8 Å². The van der Waals surface area contributed by atoms with Crippen molar-refractivity contribution in [2.75, 3.05) is 26.1 Å². The van der Waals surface area contributed by atoms with Gasteiger partial charge >= 0.3 is 6.09 Å². The Morgan fingerprint density at radius 3 is 2.53 bits per heavy atom. The average Bonchev–Trinajstić information content (AvgIpc) is 3.10. The molecule has 1 saturated carbocycles. The molecule has 1 aliphatic carbocycles. The number of ether oxygens (including phenoxy) is 4. The topological polar surface area (TPSA) is 103 Å². The van der Waals surface area contributed by atoms with E-state index >= 15 is 0 Å². The summed E-state index contributed by atoms with van der Waals surface area (Å²) in [6, 6.07) is 5.01. The van der Waals surface area contributed by atoms with Gasteiger partial charge < -0.3 is 18.9 Å². The number of hydrogen-bond donors (Lipinski definition) is 1. The quantitative estimate of drug-likeness (QED) is 0.639. The second-order valence-electron chi connectivity index (χ2n) is 10.5. The summed E-state index contributed by atoms with van der Waals surface area (Å²) in [6.45, 7) is 6.87. The Labute approximate surface area is 214 Å². The maximum absolute atomic E-state index is 13.0. The number of nitrogens with zero attached hydrogens (tertiary/aromatic N) is 1. The first kappa shape index (κ1) is 27.0. The van der Waals surface area contributed by atoms with Crippen molar-refractivity contribution < 1.29 is 32.2 Å². The van der Waals surface area contributed by atoms with Gasteiger partial charge in [0.05, 0.1) is 44.3 Å². The fourth-order valence-corrected chi connectivity index (χ4v) is 6.43. The third-order valence-corrected chi connectivity index (χ3v) is 7.94. The van der Waals surface area contributed by atoms with Crippen LogP contribution in [-0.4, -0.2) is 75.8 Å². The van der Waals surface area contributed by atoms with Gasteiger partial charge in [-0.3, -0.25) is 4.90 Å². The highest BCUT2D eigenvalue weighted by atomic mass is 32.2. The van der Waals surface area contributed by atoms with Crippen LogP contribution in [0.1, 0.15) is 70.8 Å². The van der Waals surface area contributed by atoms with Crippen LogP contribution in [0.4, 0.5) is 4.79 Å². The van der Waals surface area contributed by atoms with Crippen LogP contribution in [0.15, 0.2) is 18.2 Å². The van der Waals surface area contributed by atoms with Crippen molar-refractivity contribution >= 4 is 16.1 Å². The van der Waals surface area contributed by atoms with E-state index in [-0.39, 0.29) is 31.5 Å². The van der Waals surface area contributed by atoms with Crippen molar-refractivity contribution in [2.45, 2.75) is 95.5 Å². The van der Waals surface area contributed by atoms with Crippen LogP contribution in [0.3, 0.4) is 0 Å². The van der Waals surface area contributed by atoms with Crippen LogP contribution in [0, 0.1) is 0 Å². The molecule has 4 bridgehead atoms. The number of nitrogens with one attached hydrogen (secondary N) is 1. The van der Waals surface area contributed by atoms with Crippen LogP contribution >= 0.6 is 0 Å². The first-order valence-corrected chi connectivity index (χ1v) is 15.0. The highest BCUT2D eigenvalue weighted by Crippen LogP contribution is 2.41. The van der Waals surface area contributed by atoms with Crippen LogP contribution in [-0.2, 0) is 19.5 Å². The number of benzene rings is 1. The van der Waals surface area contributed by atoms with E-state index in [4.69, 9.17) is 18.9 Å². The zero-order valence-corrected chi connectivity index (χ0v) is 22.6. The van der Waals surface area contributed by atoms with Gasteiger partial charge in [0.1, 0.15) is 11.5 Å². The van der Waals surface area contributed by atoms with E-state index in [1.807, 2.05) is 32.9 Å². The van der Waals surface area contributed by atoms with Crippen molar-refractivity contribution in [3.63, 3.8) is 0 Å². The SMILES string of the molecule is CC(C)Oc1ccc2cc1C1CCC(CC1)OCC1[C@@H](NS(C)(=O)=O)C[C@@H](C)N1C(=O)OCCCO2. The summed E-state index contributed by atoms with van der Waals surface area (Å²) in [6.07, 6.45) is 5.58. The molecule has 0 radical (unpaired) electrons. The predicted molar refractivity (Wildman–Crippen MR) is 136 cm³/mol. The minimum atomic E-state index is -3.44. The summed E-state index contributed by atoms with van der Waals surface area (Å²) in [5.74, 6) is 2.04. The van der Waals surface area contributed by atoms with Gasteiger partial charge in [-0.2, -0.15) is 0 Å². The molecule has 1 N–H and O–H groups in total. The summed E-state index contributed by atoms with van der Waals surface area (Å²) >= 11 is 0. The number of carbonyl (C=O) groups is 1. The molecular formula is C26H40N2O7S. The van der Waals surface area contributed by atoms with Crippen LogP contribution in [0.25, 0.3) is 0 Å². The number of carbonyl (C=O) groups excluding carboxylic acids is 1. The Morgan fingerprint density at radius 2 is 1.83 bits per heavy atom. The van der Waals surface area contributed by atoms with Crippen molar-refractivity contribution in [3.05, 3.63) is 23.8 Å². The van der Waals surface area contributed by atoms with Crippen LogP contribution in [0.5, 0.6) is 11.5 Å². The van der Waals surface area contributed by atoms with Crippen molar-refractivity contribution in [1.29, 1.82) is 0 Å². The molecule has 1 aromatic rings. The lowest BCUT2D eigenvalue weighted by molar-refractivity contribution is -0.0107. The minimum Gasteiger partial charge on any atom is -0.493 e. The minimum absolute atomic E-state index is 0.0542. The van der Waals surface area contributed by atoms with Gasteiger partial charge in [-0.15, -0.1) is 0 Å². The number of fused-ring (bicyclic) bond motifs is 8. The third-order valence-electron chi connectivity index (χ3n) is 7.21. The summed E-state index contributed by atoms with van der Waals surface area (Å²) < 4.78 is 50.7. The lowest BCUT2D eigenvalue weighted by atomic mass is 9.82. The molecule has 202 valence electrons. The Balaban J connectivity index is 1.54. The van der Waals surface area contributed by atoms with Gasteiger partial charge in [0, 0.05) is 24.1 Å². The van der Waals surface area contributed by atoms with Gasteiger partial charge in [0.25, 0.3) is 0 Å². The van der Waals surface area contributed by atoms with Crippen molar-refractivity contribution in [3.8, 4) is 11.5 Å². The molecule has 0 aromatic heterocycles. The molecular weight excluding hydrogens is 484 g/mol. The Kier molecular flexibility index (Phi) is 8.67. The summed E-state index contributed by atoms with van der Waals surface area (Å²) in [5.41, 5.74) is 1.17. The first-order chi connectivity index (χ1) is 17.1. The predicted octanol–water partition coefficient (Wildman–Crippen LogP) is 3.82. The average molecular weight is 525 g/mol. The summed E-state index contributed by atoms with van der Waals surface area (Å²) in [5, 5.41) is 0. The molecule has 1 aromatic carbocycles. The van der Waals surface area contributed by atoms with E-state index in [0.29, 0.717) is 25.4 Å². The zero-order valence-electron chi connectivity index (χ0n) is 21.8. The molecule has 10 heteroatoms. The Bertz CT molecular complexity index is 1010. The van der Waals surface area contributed by atoms with Gasteiger partial charge in [0.2, 0.25) is 10.0 Å². The molecule has 1 unspecified atom stereocenters. The summed E-state index contributed by atoms with van der Waals surface area (Å²) in [4.78, 5) is 14.7. The monoisotopic (exact) mass is 524 g/mol. The Morgan fingerprint density at radius 1 is 1.11 bits per heavy atom. The molecule has 4 aliphatic rings. The van der Waals surface area contributed by atoms with E-state index < -0.39 is 28.2 Å². The van der Waals surface area contributed by atoms with E-state index in [0.717, 1.165) is 43.4 Å². The highest BCUT2D eigenvalue weighted by molar-refractivity contribution is 7.88. The summed E-state index contributed by atoms with van der Waals surface area (Å²) in [7, 11) is -3.44. The zero-order chi connectivity index (χ0) is 25.9. The molecule has 1 amide bonds. The van der Waals surface area contributed by atoms with E-state index in [1.165, 1.54) is 5.56 Å². The van der Waals surface area contributed by atoms with Crippen LogP contribution < -0.4 is 14.2 Å². The van der Waals surface area contributed by atoms with E-state index in [1.54, 1.807) is 4.90 Å². The van der Waals surface area contributed by atoms with Gasteiger partial charge in [-0.1, -0.05) is 0 Å². The fraction of sp³-hybridized carbons (Fsp3) is 0.731. The number of amides is 1. The molecule has 0 spiro atoms. The molecule has 3 heterocycles. The molecule has 36 heavy (non-hydrogen) atoms. The van der Waals surface area contributed by atoms with Gasteiger partial charge in [-0.25, -0.2) is 17.9 Å². The first-order valence-electron chi connectivity index (χ1n) is 13.1. The maximum Gasteiger partial charge on any atom is 0.410 e. The molecule has 1 saturated heterocycles. The molecule has 3 atom stereocenters. The Hall–Kier alpha value is -2.04. The number of rotatable bonds is 4. The van der Waals surface area contributed by atoms with Crippen LogP contribution in [0.2, 0.25) is 0 Å². The smallest absolute Gasteiger partial charge is 0.410 e. The van der Waals surface area contributed by atoms with Gasteiger partial charge in [-0.05, 0) is 77.0 Å². The molecule has 3 aliphatic heterocycles. The standard InChI is InChI=1S/C26H40N2O7S/c1-17(2)35-25-11-10-21-15-22(25)19-6-8-20(9-7-19)34-16-24-23(27-36(4,30)31)14-18(3)28(24)26(29)33-13-5-12-32-21/h10-11,15,17-20,23-24,27H,5-9,12-14,16H2,1-4H3/t18-,19?,20?,23+,24?/m1/s1. The maximum atomic E-state index is 13.0. The normalized spacial score (nSPS) is 29.9. The highest BCUT2D eigenvalue weighted by Gasteiger charge is 2.44. The third kappa shape index (κ3) is 6.83. The molecule has 9 nitrogen and oxygen atoms in total. The van der Waals surface area contributed by atoms with Crippen molar-refractivity contribution in [1.82, 2.24) is 9.62 Å². The second-order valence-corrected chi connectivity index (χ2v) is 12.3. The fourth-order valence-electron chi connectivity index (χ4n) is 5.63. The number of sulfonamides is 1. The lowest BCUT2D eigenvalue weighted by Crippen LogP contribution is -2.50.